The molecule has 0 bridgehead atoms. The molecule has 0 saturated carbocycles. The molecule has 0 aliphatic rings. The lowest BCUT2D eigenvalue weighted by atomic mass is 10.1. The van der Waals surface area contributed by atoms with E-state index in [2.05, 4.69) is 15.3 Å². The lowest BCUT2D eigenvalue weighted by Crippen LogP contribution is -2.29. The molecule has 8 heteroatoms. The molecule has 0 radical (unpaired) electrons. The number of nitrogens with one attached hydrogen (secondary N) is 1. The number of carbonyl (C=O) groups is 2. The SMILES string of the molecule is O=C(O)CNC(=O)c1c(O)ccc2nc(-c3ccsc3)cnc12. The molecular weight excluding hydrogens is 318 g/mol. The van der Waals surface area contributed by atoms with E-state index in [0.29, 0.717) is 11.2 Å². The second-order valence-corrected chi connectivity index (χ2v) is 5.45. The van der Waals surface area contributed by atoms with Crippen LogP contribution in [-0.2, 0) is 4.79 Å². The number of thiophene rings is 1. The number of aromatic nitrogens is 2. The minimum atomic E-state index is -1.18. The fourth-order valence-electron chi connectivity index (χ4n) is 2.09. The van der Waals surface area contributed by atoms with Crippen LogP contribution in [0.1, 0.15) is 10.4 Å². The van der Waals surface area contributed by atoms with Gasteiger partial charge in [-0.3, -0.25) is 14.6 Å². The van der Waals surface area contributed by atoms with Gasteiger partial charge in [0.25, 0.3) is 5.91 Å². The zero-order chi connectivity index (χ0) is 16.4. The molecule has 3 rings (SSSR count). The first kappa shape index (κ1) is 14.9. The Morgan fingerprint density at radius 3 is 2.78 bits per heavy atom. The number of carboxylic acid groups (broad SMARTS) is 1. The van der Waals surface area contributed by atoms with Gasteiger partial charge in [0, 0.05) is 10.9 Å². The number of fused-ring (bicyclic) bond motifs is 1. The van der Waals surface area contributed by atoms with E-state index in [1.54, 1.807) is 6.07 Å². The Balaban J connectivity index is 2.06. The smallest absolute Gasteiger partial charge is 0.322 e. The van der Waals surface area contributed by atoms with Crippen molar-refractivity contribution in [2.75, 3.05) is 6.54 Å². The number of hydrogen-bond donors (Lipinski definition) is 3. The van der Waals surface area contributed by atoms with E-state index in [9.17, 15) is 14.7 Å². The van der Waals surface area contributed by atoms with Crippen molar-refractivity contribution >= 4 is 34.2 Å². The second kappa shape index (κ2) is 6.01. The fourth-order valence-corrected chi connectivity index (χ4v) is 2.74. The predicted octanol–water partition coefficient (Wildman–Crippen LogP) is 1.88. The molecular formula is C15H11N3O4S. The standard InChI is InChI=1S/C15H11N3O4S/c19-11-2-1-9-14(13(11)15(22)17-6-12(20)21)16-5-10(18-9)8-3-4-23-7-8/h1-5,7,19H,6H2,(H,17,22)(H,20,21). The molecule has 0 unspecified atom stereocenters. The first-order valence-electron chi connectivity index (χ1n) is 6.57. The van der Waals surface area contributed by atoms with Gasteiger partial charge in [-0.15, -0.1) is 0 Å². The zero-order valence-corrected chi connectivity index (χ0v) is 12.5. The van der Waals surface area contributed by atoms with Gasteiger partial charge in [0.2, 0.25) is 0 Å². The Morgan fingerprint density at radius 2 is 2.09 bits per heavy atom. The van der Waals surface area contributed by atoms with Crippen LogP contribution in [0.15, 0.2) is 35.2 Å². The quantitative estimate of drug-likeness (QED) is 0.673. The van der Waals surface area contributed by atoms with Gasteiger partial charge in [-0.2, -0.15) is 11.3 Å². The van der Waals surface area contributed by atoms with Crippen LogP contribution in [0.5, 0.6) is 5.75 Å². The van der Waals surface area contributed by atoms with Gasteiger partial charge in [-0.05, 0) is 23.6 Å². The van der Waals surface area contributed by atoms with E-state index >= 15 is 0 Å². The molecule has 0 saturated heterocycles. The second-order valence-electron chi connectivity index (χ2n) is 4.67. The maximum absolute atomic E-state index is 12.1. The lowest BCUT2D eigenvalue weighted by molar-refractivity contribution is -0.135. The number of benzene rings is 1. The number of phenols is 1. The number of phenolic OH excluding ortho intramolecular Hbond substituents is 1. The minimum Gasteiger partial charge on any atom is -0.507 e. The van der Waals surface area contributed by atoms with Crippen LogP contribution in [0.3, 0.4) is 0 Å². The minimum absolute atomic E-state index is 0.0897. The third kappa shape index (κ3) is 2.97. The molecule has 3 N–H and O–H groups in total. The lowest BCUT2D eigenvalue weighted by Gasteiger charge is -2.08. The Hall–Kier alpha value is -3.00. The number of nitrogens with zero attached hydrogens (tertiary/aromatic N) is 2. The molecule has 3 aromatic rings. The van der Waals surface area contributed by atoms with Crippen LogP contribution in [0.25, 0.3) is 22.3 Å². The van der Waals surface area contributed by atoms with E-state index in [1.807, 2.05) is 16.8 Å². The summed E-state index contributed by atoms with van der Waals surface area (Å²) in [7, 11) is 0. The van der Waals surface area contributed by atoms with Crippen molar-refractivity contribution < 1.29 is 19.8 Å². The van der Waals surface area contributed by atoms with Crippen LogP contribution >= 0.6 is 11.3 Å². The summed E-state index contributed by atoms with van der Waals surface area (Å²) in [5.41, 5.74) is 2.13. The fraction of sp³-hybridized carbons (Fsp3) is 0.0667. The summed E-state index contributed by atoms with van der Waals surface area (Å²) < 4.78 is 0. The topological polar surface area (TPSA) is 112 Å². The van der Waals surface area contributed by atoms with Crippen LogP contribution in [-0.4, -0.2) is 38.6 Å². The van der Waals surface area contributed by atoms with Gasteiger partial charge in [0.05, 0.1) is 17.4 Å². The maximum Gasteiger partial charge on any atom is 0.322 e. The largest absolute Gasteiger partial charge is 0.507 e. The van der Waals surface area contributed by atoms with E-state index in [-0.39, 0.29) is 16.8 Å². The van der Waals surface area contributed by atoms with Gasteiger partial charge in [-0.25, -0.2) is 4.98 Å². The Morgan fingerprint density at radius 1 is 1.26 bits per heavy atom. The molecule has 0 spiro atoms. The molecule has 0 aliphatic carbocycles. The molecule has 23 heavy (non-hydrogen) atoms. The Kier molecular flexibility index (Phi) is 3.90. The number of rotatable bonds is 4. The first-order chi connectivity index (χ1) is 11.1. The average Bonchev–Trinajstić information content (AvgIpc) is 3.06. The monoisotopic (exact) mass is 329 g/mol. The van der Waals surface area contributed by atoms with Crippen LogP contribution in [0.4, 0.5) is 0 Å². The molecule has 0 fully saturated rings. The Labute approximate surface area is 134 Å². The Bertz CT molecular complexity index is 893. The highest BCUT2D eigenvalue weighted by Crippen LogP contribution is 2.27. The number of amides is 1. The molecule has 0 aliphatic heterocycles. The van der Waals surface area contributed by atoms with E-state index in [1.165, 1.54) is 23.6 Å². The van der Waals surface area contributed by atoms with Crippen molar-refractivity contribution in [2.24, 2.45) is 0 Å². The summed E-state index contributed by atoms with van der Waals surface area (Å²) >= 11 is 1.53. The van der Waals surface area contributed by atoms with Crippen molar-refractivity contribution in [3.63, 3.8) is 0 Å². The summed E-state index contributed by atoms with van der Waals surface area (Å²) in [6, 6.07) is 4.80. The van der Waals surface area contributed by atoms with Gasteiger partial charge in [0.15, 0.2) is 0 Å². The van der Waals surface area contributed by atoms with Crippen molar-refractivity contribution in [2.45, 2.75) is 0 Å². The van der Waals surface area contributed by atoms with Crippen molar-refractivity contribution in [3.05, 3.63) is 40.7 Å². The predicted molar refractivity (Wildman–Crippen MR) is 84.5 cm³/mol. The summed E-state index contributed by atoms with van der Waals surface area (Å²) in [5, 5.41) is 24.6. The van der Waals surface area contributed by atoms with Crippen molar-refractivity contribution in [1.82, 2.24) is 15.3 Å². The van der Waals surface area contributed by atoms with Crippen LogP contribution in [0.2, 0.25) is 0 Å². The van der Waals surface area contributed by atoms with E-state index in [4.69, 9.17) is 5.11 Å². The van der Waals surface area contributed by atoms with Crippen molar-refractivity contribution in [3.8, 4) is 17.0 Å². The first-order valence-corrected chi connectivity index (χ1v) is 7.52. The molecule has 7 nitrogen and oxygen atoms in total. The third-order valence-electron chi connectivity index (χ3n) is 3.14. The molecule has 116 valence electrons. The van der Waals surface area contributed by atoms with Gasteiger partial charge < -0.3 is 15.5 Å². The van der Waals surface area contributed by atoms with Gasteiger partial charge >= 0.3 is 5.97 Å². The van der Waals surface area contributed by atoms with Gasteiger partial charge in [0.1, 0.15) is 23.4 Å². The highest BCUT2D eigenvalue weighted by atomic mass is 32.1. The summed E-state index contributed by atoms with van der Waals surface area (Å²) in [4.78, 5) is 31.3. The number of aliphatic carboxylic acids is 1. The summed E-state index contributed by atoms with van der Waals surface area (Å²) in [6.07, 6.45) is 1.51. The molecule has 2 heterocycles. The normalized spacial score (nSPS) is 10.6. The average molecular weight is 329 g/mol. The number of aromatic hydroxyl groups is 1. The van der Waals surface area contributed by atoms with E-state index in [0.717, 1.165) is 5.56 Å². The van der Waals surface area contributed by atoms with Crippen LogP contribution < -0.4 is 5.32 Å². The highest BCUT2D eigenvalue weighted by molar-refractivity contribution is 7.08. The maximum atomic E-state index is 12.1. The molecule has 1 aromatic carbocycles. The van der Waals surface area contributed by atoms with Gasteiger partial charge in [-0.1, -0.05) is 0 Å². The number of hydrogen-bond acceptors (Lipinski definition) is 6. The number of carbonyl (C=O) groups excluding carboxylic acids is 1. The number of carboxylic acids is 1. The highest BCUT2D eigenvalue weighted by Gasteiger charge is 2.18. The third-order valence-corrected chi connectivity index (χ3v) is 3.82. The summed E-state index contributed by atoms with van der Waals surface area (Å²) in [6.45, 7) is -0.547. The van der Waals surface area contributed by atoms with Crippen molar-refractivity contribution in [1.29, 1.82) is 0 Å². The zero-order valence-electron chi connectivity index (χ0n) is 11.7. The van der Waals surface area contributed by atoms with E-state index < -0.39 is 18.4 Å². The molecule has 2 aromatic heterocycles. The molecule has 1 amide bonds. The summed E-state index contributed by atoms with van der Waals surface area (Å²) in [5.74, 6) is -2.17. The molecule has 0 atom stereocenters. The van der Waals surface area contributed by atoms with Crippen LogP contribution in [0, 0.1) is 0 Å².